The highest BCUT2D eigenvalue weighted by Gasteiger charge is 2.28. The zero-order valence-corrected chi connectivity index (χ0v) is 15.4. The number of amides is 1. The molecule has 0 fully saturated rings. The third-order valence-electron chi connectivity index (χ3n) is 4.44. The fraction of sp³-hybridized carbons (Fsp3) is 0.250. The van der Waals surface area contributed by atoms with Crippen molar-refractivity contribution in [1.82, 2.24) is 14.8 Å². The number of anilines is 2. The summed E-state index contributed by atoms with van der Waals surface area (Å²) in [5.41, 5.74) is 1.57. The summed E-state index contributed by atoms with van der Waals surface area (Å²) in [5, 5.41) is 4.41. The molecule has 0 unspecified atom stereocenters. The second-order valence-electron chi connectivity index (χ2n) is 6.57. The number of ether oxygens (including phenoxy) is 1. The summed E-state index contributed by atoms with van der Waals surface area (Å²) in [5.74, 6) is 1.79. The molecule has 27 heavy (non-hydrogen) atoms. The number of pyridine rings is 1. The van der Waals surface area contributed by atoms with Gasteiger partial charge in [-0.1, -0.05) is 36.4 Å². The predicted octanol–water partition coefficient (Wildman–Crippen LogP) is 2.58. The molecule has 0 bridgehead atoms. The van der Waals surface area contributed by atoms with Gasteiger partial charge in [-0.2, -0.15) is 0 Å². The molecule has 3 heterocycles. The molecule has 0 N–H and O–H groups in total. The molecule has 1 aliphatic heterocycles. The monoisotopic (exact) mass is 363 g/mol. The first kappa shape index (κ1) is 17.1. The minimum Gasteiger partial charge on any atom is -0.472 e. The van der Waals surface area contributed by atoms with E-state index in [-0.39, 0.29) is 5.91 Å². The second-order valence-corrected chi connectivity index (χ2v) is 6.57. The molecule has 0 saturated heterocycles. The number of aromatic nitrogens is 3. The van der Waals surface area contributed by atoms with Gasteiger partial charge in [0.25, 0.3) is 5.91 Å². The van der Waals surface area contributed by atoms with E-state index in [0.717, 1.165) is 11.4 Å². The topological polar surface area (TPSA) is 63.5 Å². The third kappa shape index (κ3) is 3.48. The van der Waals surface area contributed by atoms with Crippen molar-refractivity contribution in [2.75, 3.05) is 30.4 Å². The van der Waals surface area contributed by atoms with Gasteiger partial charge < -0.3 is 9.64 Å². The molecule has 4 rings (SSSR count). The van der Waals surface area contributed by atoms with E-state index in [1.54, 1.807) is 15.6 Å². The highest BCUT2D eigenvalue weighted by atomic mass is 16.5. The first-order valence-corrected chi connectivity index (χ1v) is 8.82. The normalized spacial score (nSPS) is 13.4. The first-order valence-electron chi connectivity index (χ1n) is 8.82. The van der Waals surface area contributed by atoms with Gasteiger partial charge in [0.2, 0.25) is 5.88 Å². The number of nitrogens with zero attached hydrogens (tertiary/aromatic N) is 5. The van der Waals surface area contributed by atoms with Crippen molar-refractivity contribution in [2.45, 2.75) is 13.2 Å². The SMILES string of the molecule is CN(C)c1cccc(N2CCn3nc(OCc4ccccc4)cc3C2=O)n1. The first-order chi connectivity index (χ1) is 13.1. The smallest absolute Gasteiger partial charge is 0.277 e. The molecule has 3 aromatic rings. The largest absolute Gasteiger partial charge is 0.472 e. The average molecular weight is 363 g/mol. The van der Waals surface area contributed by atoms with Crippen LogP contribution < -0.4 is 14.5 Å². The van der Waals surface area contributed by atoms with Crippen LogP contribution in [0.15, 0.2) is 54.6 Å². The van der Waals surface area contributed by atoms with E-state index in [1.165, 1.54) is 0 Å². The molecule has 1 aromatic carbocycles. The van der Waals surface area contributed by atoms with Crippen molar-refractivity contribution in [1.29, 1.82) is 0 Å². The van der Waals surface area contributed by atoms with E-state index in [2.05, 4.69) is 10.1 Å². The van der Waals surface area contributed by atoms with E-state index in [1.807, 2.05) is 67.5 Å². The Labute approximate surface area is 157 Å². The van der Waals surface area contributed by atoms with Crippen molar-refractivity contribution in [3.63, 3.8) is 0 Å². The molecule has 1 amide bonds. The standard InChI is InChI=1S/C20H21N5O2/c1-23(2)17-9-6-10-18(21-17)24-11-12-25-16(20(24)26)13-19(22-25)27-14-15-7-4-3-5-8-15/h3-10,13H,11-12,14H2,1-2H3. The lowest BCUT2D eigenvalue weighted by atomic mass is 10.2. The summed E-state index contributed by atoms with van der Waals surface area (Å²) in [6, 6.07) is 17.3. The van der Waals surface area contributed by atoms with Crippen molar-refractivity contribution < 1.29 is 9.53 Å². The molecule has 1 aliphatic rings. The van der Waals surface area contributed by atoms with E-state index in [4.69, 9.17) is 4.74 Å². The van der Waals surface area contributed by atoms with Crippen LogP contribution in [0.25, 0.3) is 0 Å². The number of benzene rings is 1. The lowest BCUT2D eigenvalue weighted by Gasteiger charge is -2.27. The second kappa shape index (κ2) is 7.11. The Hall–Kier alpha value is -3.35. The van der Waals surface area contributed by atoms with Crippen molar-refractivity contribution >= 4 is 17.5 Å². The highest BCUT2D eigenvalue weighted by molar-refractivity contribution is 6.05. The summed E-state index contributed by atoms with van der Waals surface area (Å²) in [6.45, 7) is 1.54. The Morgan fingerprint density at radius 3 is 2.67 bits per heavy atom. The quantitative estimate of drug-likeness (QED) is 0.697. The Kier molecular flexibility index (Phi) is 4.50. The number of hydrogen-bond donors (Lipinski definition) is 0. The van der Waals surface area contributed by atoms with E-state index >= 15 is 0 Å². The van der Waals surface area contributed by atoms with Crippen LogP contribution in [-0.4, -0.2) is 41.3 Å². The maximum absolute atomic E-state index is 12.9. The maximum atomic E-state index is 12.9. The summed E-state index contributed by atoms with van der Waals surface area (Å²) in [4.78, 5) is 21.1. The van der Waals surface area contributed by atoms with Crippen LogP contribution >= 0.6 is 0 Å². The molecule has 2 aromatic heterocycles. The molecule has 7 heteroatoms. The summed E-state index contributed by atoms with van der Waals surface area (Å²) >= 11 is 0. The van der Waals surface area contributed by atoms with Gasteiger partial charge >= 0.3 is 0 Å². The van der Waals surface area contributed by atoms with Crippen molar-refractivity contribution in [2.24, 2.45) is 0 Å². The molecule has 7 nitrogen and oxygen atoms in total. The van der Waals surface area contributed by atoms with Gasteiger partial charge in [0.05, 0.1) is 6.54 Å². The van der Waals surface area contributed by atoms with Crippen LogP contribution in [0, 0.1) is 0 Å². The number of rotatable bonds is 5. The highest BCUT2D eigenvalue weighted by Crippen LogP contribution is 2.24. The molecule has 0 spiro atoms. The van der Waals surface area contributed by atoms with Crippen LogP contribution in [0.3, 0.4) is 0 Å². The fourth-order valence-corrected chi connectivity index (χ4v) is 3.00. The van der Waals surface area contributed by atoms with E-state index < -0.39 is 0 Å². The van der Waals surface area contributed by atoms with Crippen LogP contribution in [0.4, 0.5) is 11.6 Å². The van der Waals surface area contributed by atoms with Gasteiger partial charge in [-0.3, -0.25) is 14.4 Å². The van der Waals surface area contributed by atoms with Gasteiger partial charge in [-0.15, -0.1) is 5.10 Å². The Balaban J connectivity index is 1.52. The Morgan fingerprint density at radius 2 is 1.89 bits per heavy atom. The number of hydrogen-bond acceptors (Lipinski definition) is 5. The summed E-state index contributed by atoms with van der Waals surface area (Å²) < 4.78 is 7.46. The minimum atomic E-state index is -0.119. The molecular formula is C20H21N5O2. The van der Waals surface area contributed by atoms with Crippen LogP contribution in [0.5, 0.6) is 5.88 Å². The molecule has 138 valence electrons. The lowest BCUT2D eigenvalue weighted by molar-refractivity contribution is 0.0961. The molecular weight excluding hydrogens is 342 g/mol. The van der Waals surface area contributed by atoms with Crippen LogP contribution in [-0.2, 0) is 13.2 Å². The predicted molar refractivity (Wildman–Crippen MR) is 103 cm³/mol. The fourth-order valence-electron chi connectivity index (χ4n) is 3.00. The summed E-state index contributed by atoms with van der Waals surface area (Å²) in [7, 11) is 3.85. The average Bonchev–Trinajstić information content (AvgIpc) is 3.12. The Bertz CT molecular complexity index is 952. The minimum absolute atomic E-state index is 0.119. The van der Waals surface area contributed by atoms with E-state index in [0.29, 0.717) is 37.1 Å². The zero-order valence-electron chi connectivity index (χ0n) is 15.4. The third-order valence-corrected chi connectivity index (χ3v) is 4.44. The molecule has 0 atom stereocenters. The lowest BCUT2D eigenvalue weighted by Crippen LogP contribution is -2.41. The number of carbonyl (C=O) groups excluding carboxylic acids is 1. The van der Waals surface area contributed by atoms with Gasteiger partial charge in [0.1, 0.15) is 23.9 Å². The van der Waals surface area contributed by atoms with Gasteiger partial charge in [-0.05, 0) is 17.7 Å². The Morgan fingerprint density at radius 1 is 1.07 bits per heavy atom. The zero-order chi connectivity index (χ0) is 18.8. The van der Waals surface area contributed by atoms with Crippen LogP contribution in [0.2, 0.25) is 0 Å². The van der Waals surface area contributed by atoms with Crippen LogP contribution in [0.1, 0.15) is 16.1 Å². The molecule has 0 aliphatic carbocycles. The number of fused-ring (bicyclic) bond motifs is 1. The molecule has 0 radical (unpaired) electrons. The van der Waals surface area contributed by atoms with Gasteiger partial charge in [-0.25, -0.2) is 4.98 Å². The summed E-state index contributed by atoms with van der Waals surface area (Å²) in [6.07, 6.45) is 0. The van der Waals surface area contributed by atoms with Crippen molar-refractivity contribution in [3.05, 3.63) is 65.9 Å². The van der Waals surface area contributed by atoms with Gasteiger partial charge in [0, 0.05) is 26.7 Å². The maximum Gasteiger partial charge on any atom is 0.277 e. The molecule has 0 saturated carbocycles. The number of carbonyl (C=O) groups is 1. The van der Waals surface area contributed by atoms with Gasteiger partial charge in [0.15, 0.2) is 0 Å². The van der Waals surface area contributed by atoms with E-state index in [9.17, 15) is 4.79 Å². The van der Waals surface area contributed by atoms with Crippen molar-refractivity contribution in [3.8, 4) is 5.88 Å².